The number of carboxylic acid groups (broad SMARTS) is 1. The van der Waals surface area contributed by atoms with Gasteiger partial charge in [-0.25, -0.2) is 0 Å². The van der Waals surface area contributed by atoms with E-state index in [9.17, 15) is 19.8 Å². The Hall–Kier alpha value is -1.98. The molecule has 1 aromatic carbocycles. The Balaban J connectivity index is 1.68. The second kappa shape index (κ2) is 8.14. The van der Waals surface area contributed by atoms with E-state index < -0.39 is 18.2 Å². The molecule has 1 aromatic rings. The highest BCUT2D eigenvalue weighted by molar-refractivity contribution is 5.85. The highest BCUT2D eigenvalue weighted by Crippen LogP contribution is 2.42. The van der Waals surface area contributed by atoms with E-state index in [2.05, 4.69) is 0 Å². The Kier molecular flexibility index (Phi) is 5.89. The van der Waals surface area contributed by atoms with Gasteiger partial charge in [0.2, 0.25) is 0 Å². The average molecular weight is 358 g/mol. The van der Waals surface area contributed by atoms with E-state index in [1.807, 2.05) is 30.4 Å². The Morgan fingerprint density at radius 2 is 2.04 bits per heavy atom. The number of aliphatic hydroxyl groups excluding tert-OH is 2. The van der Waals surface area contributed by atoms with Crippen LogP contribution in [-0.2, 0) is 16.0 Å². The molecule has 0 saturated heterocycles. The molecule has 3 N–H and O–H groups in total. The topological polar surface area (TPSA) is 94.8 Å². The molecule has 5 heteroatoms. The van der Waals surface area contributed by atoms with Gasteiger partial charge in [0.15, 0.2) is 0 Å². The minimum absolute atomic E-state index is 0.0817. The third-order valence-corrected chi connectivity index (χ3v) is 5.59. The van der Waals surface area contributed by atoms with Crippen molar-refractivity contribution in [2.75, 3.05) is 0 Å². The molecule has 4 unspecified atom stereocenters. The second-order valence-electron chi connectivity index (χ2n) is 7.38. The van der Waals surface area contributed by atoms with Crippen molar-refractivity contribution in [3.05, 3.63) is 47.0 Å². The van der Waals surface area contributed by atoms with Crippen LogP contribution in [0.4, 0.5) is 0 Å². The number of fused-ring (bicyclic) bond motifs is 1. The first-order valence-electron chi connectivity index (χ1n) is 9.35. The molecule has 26 heavy (non-hydrogen) atoms. The van der Waals surface area contributed by atoms with Crippen molar-refractivity contribution in [2.24, 2.45) is 5.92 Å². The van der Waals surface area contributed by atoms with Crippen molar-refractivity contribution < 1.29 is 24.9 Å². The first-order valence-corrected chi connectivity index (χ1v) is 9.35. The van der Waals surface area contributed by atoms with Crippen LogP contribution in [-0.4, -0.2) is 33.2 Å². The van der Waals surface area contributed by atoms with Gasteiger partial charge in [-0.3, -0.25) is 9.59 Å². The minimum Gasteiger partial charge on any atom is -0.481 e. The number of hydrogen-bond donors (Lipinski definition) is 3. The molecule has 0 bridgehead atoms. The Morgan fingerprint density at radius 3 is 2.81 bits per heavy atom. The molecule has 4 atom stereocenters. The first kappa shape index (κ1) is 18.8. The molecule has 5 nitrogen and oxygen atoms in total. The number of aliphatic carboxylic acids is 1. The zero-order valence-corrected chi connectivity index (χ0v) is 14.8. The zero-order chi connectivity index (χ0) is 18.7. The number of carbonyl (C=O) groups excluding carboxylic acids is 1. The normalized spacial score (nSPS) is 28.0. The average Bonchev–Trinajstić information content (AvgIpc) is 3.10. The lowest BCUT2D eigenvalue weighted by atomic mass is 9.84. The quantitative estimate of drug-likeness (QED) is 0.515. The number of unbranched alkanes of at least 4 members (excludes halogenated alkanes) is 1. The van der Waals surface area contributed by atoms with E-state index in [-0.39, 0.29) is 30.5 Å². The van der Waals surface area contributed by atoms with E-state index >= 15 is 0 Å². The zero-order valence-electron chi connectivity index (χ0n) is 14.8. The molecule has 0 amide bonds. The number of Topliss-reactive ketones (excluding diaryl/α,β-unsaturated/α-hetero) is 1. The molecule has 0 aliphatic heterocycles. The van der Waals surface area contributed by atoms with Gasteiger partial charge in [-0.15, -0.1) is 0 Å². The van der Waals surface area contributed by atoms with Crippen molar-refractivity contribution in [1.82, 2.24) is 0 Å². The van der Waals surface area contributed by atoms with E-state index in [1.54, 1.807) is 0 Å². The van der Waals surface area contributed by atoms with Crippen LogP contribution < -0.4 is 0 Å². The van der Waals surface area contributed by atoms with Crippen molar-refractivity contribution in [3.63, 3.8) is 0 Å². The maximum absolute atomic E-state index is 12.4. The van der Waals surface area contributed by atoms with Crippen LogP contribution in [0.1, 0.15) is 67.2 Å². The molecule has 3 rings (SSSR count). The standard InChI is InChI=1S/C21H26O5/c22-17-10-8-13-11-14(7-9-15(13)17)21-16(18(23)12-19(21)24)5-3-1-2-4-6-20(25)26/h1,3,7,9,11,16-17,19,21-22,24H,2,4-6,8,10,12H2,(H,25,26)/b3-1+. The largest absolute Gasteiger partial charge is 0.481 e. The second-order valence-corrected chi connectivity index (χ2v) is 7.38. The maximum Gasteiger partial charge on any atom is 0.303 e. The number of ketones is 1. The van der Waals surface area contributed by atoms with Gasteiger partial charge in [0.1, 0.15) is 5.78 Å². The Labute approximate surface area is 153 Å². The smallest absolute Gasteiger partial charge is 0.303 e. The van der Waals surface area contributed by atoms with E-state index in [4.69, 9.17) is 5.11 Å². The fourth-order valence-corrected chi connectivity index (χ4v) is 4.24. The third kappa shape index (κ3) is 4.05. The van der Waals surface area contributed by atoms with Crippen molar-refractivity contribution in [3.8, 4) is 0 Å². The number of aliphatic hydroxyl groups is 2. The van der Waals surface area contributed by atoms with Crippen molar-refractivity contribution in [1.29, 1.82) is 0 Å². The van der Waals surface area contributed by atoms with Crippen LogP contribution >= 0.6 is 0 Å². The predicted molar refractivity (Wildman–Crippen MR) is 96.8 cm³/mol. The number of aryl methyl sites for hydroxylation is 1. The molecule has 1 fully saturated rings. The minimum atomic E-state index is -0.797. The first-order chi connectivity index (χ1) is 12.5. The van der Waals surface area contributed by atoms with E-state index in [0.29, 0.717) is 19.3 Å². The Morgan fingerprint density at radius 1 is 1.23 bits per heavy atom. The molecular weight excluding hydrogens is 332 g/mol. The number of rotatable bonds is 7. The number of carboxylic acids is 1. The summed E-state index contributed by atoms with van der Waals surface area (Å²) in [6.45, 7) is 0. The van der Waals surface area contributed by atoms with Gasteiger partial charge in [-0.05, 0) is 48.8 Å². The molecule has 0 aromatic heterocycles. The predicted octanol–water partition coefficient (Wildman–Crippen LogP) is 2.90. The molecule has 2 aliphatic carbocycles. The summed E-state index contributed by atoms with van der Waals surface area (Å²) in [5.74, 6) is -1.17. The summed E-state index contributed by atoms with van der Waals surface area (Å²) in [5.41, 5.74) is 3.05. The summed E-state index contributed by atoms with van der Waals surface area (Å²) in [6.07, 6.45) is 6.51. The summed E-state index contributed by atoms with van der Waals surface area (Å²) in [5, 5.41) is 29.0. The summed E-state index contributed by atoms with van der Waals surface area (Å²) in [7, 11) is 0. The molecule has 140 valence electrons. The van der Waals surface area contributed by atoms with Crippen molar-refractivity contribution in [2.45, 2.75) is 63.1 Å². The summed E-state index contributed by atoms with van der Waals surface area (Å²) in [6, 6.07) is 5.90. The lowest BCUT2D eigenvalue weighted by molar-refractivity contribution is -0.137. The van der Waals surface area contributed by atoms with Crippen LogP contribution in [0, 0.1) is 5.92 Å². The van der Waals surface area contributed by atoms with Gasteiger partial charge in [-0.2, -0.15) is 0 Å². The monoisotopic (exact) mass is 358 g/mol. The molecule has 2 aliphatic rings. The van der Waals surface area contributed by atoms with Crippen LogP contribution in [0.15, 0.2) is 30.4 Å². The molecular formula is C21H26O5. The Bertz CT molecular complexity index is 708. The molecule has 1 saturated carbocycles. The van der Waals surface area contributed by atoms with Gasteiger partial charge in [0.25, 0.3) is 0 Å². The van der Waals surface area contributed by atoms with Crippen LogP contribution in [0.3, 0.4) is 0 Å². The van der Waals surface area contributed by atoms with Crippen molar-refractivity contribution >= 4 is 11.8 Å². The van der Waals surface area contributed by atoms with Gasteiger partial charge < -0.3 is 15.3 Å². The van der Waals surface area contributed by atoms with Gasteiger partial charge in [0, 0.05) is 24.7 Å². The van der Waals surface area contributed by atoms with Crippen LogP contribution in [0.5, 0.6) is 0 Å². The van der Waals surface area contributed by atoms with Crippen LogP contribution in [0.25, 0.3) is 0 Å². The SMILES string of the molecule is O=C(O)CCC/C=C/CC1C(=O)CC(O)C1c1ccc2c(c1)CCC2O. The highest BCUT2D eigenvalue weighted by Gasteiger charge is 2.42. The number of allylic oxidation sites excluding steroid dienone is 2. The maximum atomic E-state index is 12.4. The third-order valence-electron chi connectivity index (χ3n) is 5.59. The number of benzene rings is 1. The van der Waals surface area contributed by atoms with E-state index in [1.165, 1.54) is 0 Å². The van der Waals surface area contributed by atoms with Crippen LogP contribution in [0.2, 0.25) is 0 Å². The molecule has 0 radical (unpaired) electrons. The molecule has 0 heterocycles. The number of hydrogen-bond acceptors (Lipinski definition) is 4. The lowest BCUT2D eigenvalue weighted by Gasteiger charge is -2.21. The van der Waals surface area contributed by atoms with Gasteiger partial charge in [0.05, 0.1) is 12.2 Å². The fourth-order valence-electron chi connectivity index (χ4n) is 4.24. The lowest BCUT2D eigenvalue weighted by Crippen LogP contribution is -2.18. The molecule has 0 spiro atoms. The summed E-state index contributed by atoms with van der Waals surface area (Å²) >= 11 is 0. The van der Waals surface area contributed by atoms with Gasteiger partial charge >= 0.3 is 5.97 Å². The van der Waals surface area contributed by atoms with Gasteiger partial charge in [-0.1, -0.05) is 30.4 Å². The van der Waals surface area contributed by atoms with E-state index in [0.717, 1.165) is 29.5 Å². The fraction of sp³-hybridized carbons (Fsp3) is 0.524. The number of carbonyl (C=O) groups is 2. The summed E-state index contributed by atoms with van der Waals surface area (Å²) in [4.78, 5) is 22.9. The summed E-state index contributed by atoms with van der Waals surface area (Å²) < 4.78 is 0. The highest BCUT2D eigenvalue weighted by atomic mass is 16.4.